The van der Waals surface area contributed by atoms with Crippen molar-refractivity contribution in [3.8, 4) is 0 Å². The second-order valence-electron chi connectivity index (χ2n) is 6.71. The Kier molecular flexibility index (Phi) is 5.79. The number of halogens is 1. The molecule has 152 valence electrons. The Labute approximate surface area is 162 Å². The second-order valence-corrected chi connectivity index (χ2v) is 8.27. The van der Waals surface area contributed by atoms with Crippen molar-refractivity contribution < 1.29 is 22.3 Å². The minimum absolute atomic E-state index is 0.00971. The fraction of sp³-hybridized carbons (Fsp3) is 0.412. The van der Waals surface area contributed by atoms with Gasteiger partial charge in [0.2, 0.25) is 16.0 Å². The maximum atomic E-state index is 14.4. The smallest absolute Gasteiger partial charge is 0.238 e. The SMILES string of the molecule is COCC1(C)CN(c2nc(Nc3ccc(S(N)(=O)=O)cc3)ncc2F)CCO1. The van der Waals surface area contributed by atoms with Crippen molar-refractivity contribution in [2.75, 3.05) is 43.6 Å². The summed E-state index contributed by atoms with van der Waals surface area (Å²) in [5, 5.41) is 8.01. The van der Waals surface area contributed by atoms with Crippen LogP contribution in [-0.4, -0.2) is 57.4 Å². The number of primary sulfonamides is 1. The predicted molar refractivity (Wildman–Crippen MR) is 102 cm³/mol. The van der Waals surface area contributed by atoms with E-state index in [0.717, 1.165) is 6.20 Å². The number of methoxy groups -OCH3 is 1. The molecule has 2 aromatic rings. The number of anilines is 3. The van der Waals surface area contributed by atoms with Crippen LogP contribution in [0.2, 0.25) is 0 Å². The van der Waals surface area contributed by atoms with Gasteiger partial charge < -0.3 is 19.7 Å². The average Bonchev–Trinajstić information content (AvgIpc) is 2.63. The molecule has 1 saturated heterocycles. The Hall–Kier alpha value is -2.34. The molecule has 0 aliphatic carbocycles. The molecule has 2 heterocycles. The monoisotopic (exact) mass is 411 g/mol. The third-order valence-corrected chi connectivity index (χ3v) is 5.18. The lowest BCUT2D eigenvalue weighted by Crippen LogP contribution is -2.53. The molecule has 11 heteroatoms. The van der Waals surface area contributed by atoms with E-state index < -0.39 is 21.4 Å². The highest BCUT2D eigenvalue weighted by molar-refractivity contribution is 7.89. The highest BCUT2D eigenvalue weighted by Gasteiger charge is 2.34. The van der Waals surface area contributed by atoms with Crippen LogP contribution in [0.1, 0.15) is 6.92 Å². The Morgan fingerprint density at radius 2 is 2.11 bits per heavy atom. The minimum atomic E-state index is -3.77. The quantitative estimate of drug-likeness (QED) is 0.729. The lowest BCUT2D eigenvalue weighted by atomic mass is 10.1. The topological polar surface area (TPSA) is 120 Å². The molecule has 1 atom stereocenters. The van der Waals surface area contributed by atoms with E-state index in [1.54, 1.807) is 12.0 Å². The summed E-state index contributed by atoms with van der Waals surface area (Å²) in [5.74, 6) is -0.208. The number of benzene rings is 1. The van der Waals surface area contributed by atoms with E-state index in [9.17, 15) is 12.8 Å². The highest BCUT2D eigenvalue weighted by Crippen LogP contribution is 2.26. The fourth-order valence-electron chi connectivity index (χ4n) is 3.00. The molecule has 0 radical (unpaired) electrons. The van der Waals surface area contributed by atoms with Gasteiger partial charge in [-0.2, -0.15) is 4.98 Å². The van der Waals surface area contributed by atoms with E-state index in [2.05, 4.69) is 15.3 Å². The average molecular weight is 411 g/mol. The summed E-state index contributed by atoms with van der Waals surface area (Å²) in [6, 6.07) is 5.77. The molecule has 1 unspecified atom stereocenters. The molecule has 0 saturated carbocycles. The van der Waals surface area contributed by atoms with Crippen molar-refractivity contribution in [1.82, 2.24) is 9.97 Å². The Balaban J connectivity index is 1.80. The number of nitrogens with zero attached hydrogens (tertiary/aromatic N) is 3. The molecule has 0 spiro atoms. The molecule has 3 N–H and O–H groups in total. The summed E-state index contributed by atoms with van der Waals surface area (Å²) >= 11 is 0. The van der Waals surface area contributed by atoms with E-state index >= 15 is 0 Å². The van der Waals surface area contributed by atoms with Crippen molar-refractivity contribution in [2.24, 2.45) is 5.14 Å². The van der Waals surface area contributed by atoms with Crippen LogP contribution in [-0.2, 0) is 19.5 Å². The van der Waals surface area contributed by atoms with Crippen molar-refractivity contribution >= 4 is 27.5 Å². The number of hydrogen-bond acceptors (Lipinski definition) is 8. The van der Waals surface area contributed by atoms with Gasteiger partial charge in [0.1, 0.15) is 5.60 Å². The molecule has 9 nitrogen and oxygen atoms in total. The first-order chi connectivity index (χ1) is 13.2. The van der Waals surface area contributed by atoms with Gasteiger partial charge in [0.15, 0.2) is 11.6 Å². The Morgan fingerprint density at radius 3 is 2.75 bits per heavy atom. The molecule has 1 fully saturated rings. The maximum absolute atomic E-state index is 14.4. The summed E-state index contributed by atoms with van der Waals surface area (Å²) < 4.78 is 48.0. The number of nitrogens with two attached hydrogens (primary N) is 1. The number of nitrogens with one attached hydrogen (secondary N) is 1. The molecule has 1 aromatic carbocycles. The van der Waals surface area contributed by atoms with Crippen LogP contribution in [0.15, 0.2) is 35.4 Å². The third-order valence-electron chi connectivity index (χ3n) is 4.25. The van der Waals surface area contributed by atoms with Gasteiger partial charge in [-0.15, -0.1) is 0 Å². The zero-order chi connectivity index (χ0) is 20.4. The number of aromatic nitrogens is 2. The first-order valence-electron chi connectivity index (χ1n) is 8.50. The van der Waals surface area contributed by atoms with Crippen molar-refractivity contribution in [1.29, 1.82) is 0 Å². The standard InChI is InChI=1S/C17H22FN5O4S/c1-17(11-26-2)10-23(7-8-27-17)15-14(18)9-20-16(22-15)21-12-3-5-13(6-4-12)28(19,24)25/h3-6,9H,7-8,10-11H2,1-2H3,(H2,19,24,25)(H,20,21,22). The zero-order valence-electron chi connectivity index (χ0n) is 15.6. The van der Waals surface area contributed by atoms with Gasteiger partial charge in [0, 0.05) is 19.3 Å². The van der Waals surface area contributed by atoms with Gasteiger partial charge in [-0.3, -0.25) is 0 Å². The van der Waals surface area contributed by atoms with Crippen LogP contribution in [0.5, 0.6) is 0 Å². The lowest BCUT2D eigenvalue weighted by molar-refractivity contribution is -0.0841. The van der Waals surface area contributed by atoms with Gasteiger partial charge in [0.05, 0.1) is 30.9 Å². The zero-order valence-corrected chi connectivity index (χ0v) is 16.4. The maximum Gasteiger partial charge on any atom is 0.238 e. The van der Waals surface area contributed by atoms with Crippen LogP contribution in [0.25, 0.3) is 0 Å². The molecule has 0 bridgehead atoms. The van der Waals surface area contributed by atoms with E-state index in [-0.39, 0.29) is 16.7 Å². The van der Waals surface area contributed by atoms with Crippen molar-refractivity contribution in [3.05, 3.63) is 36.3 Å². The second kappa shape index (κ2) is 7.95. The summed E-state index contributed by atoms with van der Waals surface area (Å²) in [6.45, 7) is 3.58. The molecule has 0 amide bonds. The number of ether oxygens (including phenoxy) is 2. The summed E-state index contributed by atoms with van der Waals surface area (Å²) in [5.41, 5.74) is -0.0298. The number of sulfonamides is 1. The first-order valence-corrected chi connectivity index (χ1v) is 10.1. The normalized spacial score (nSPS) is 20.2. The molecular formula is C17H22FN5O4S. The van der Waals surface area contributed by atoms with Crippen molar-refractivity contribution in [3.63, 3.8) is 0 Å². The predicted octanol–water partition coefficient (Wildman–Crippen LogP) is 1.25. The van der Waals surface area contributed by atoms with Crippen molar-refractivity contribution in [2.45, 2.75) is 17.4 Å². The molecule has 1 aliphatic heterocycles. The Bertz CT molecular complexity index is 937. The van der Waals surface area contributed by atoms with Crippen LogP contribution in [0.3, 0.4) is 0 Å². The van der Waals surface area contributed by atoms with Crippen LogP contribution < -0.4 is 15.4 Å². The van der Waals surface area contributed by atoms with Gasteiger partial charge in [-0.1, -0.05) is 0 Å². The summed E-state index contributed by atoms with van der Waals surface area (Å²) in [7, 11) is -2.19. The van der Waals surface area contributed by atoms with Crippen LogP contribution >= 0.6 is 0 Å². The van der Waals surface area contributed by atoms with Gasteiger partial charge in [0.25, 0.3) is 0 Å². The molecule has 28 heavy (non-hydrogen) atoms. The minimum Gasteiger partial charge on any atom is -0.382 e. The molecule has 1 aliphatic rings. The fourth-order valence-corrected chi connectivity index (χ4v) is 3.52. The lowest BCUT2D eigenvalue weighted by Gasteiger charge is -2.40. The third kappa shape index (κ3) is 4.73. The molecule has 1 aromatic heterocycles. The van der Waals surface area contributed by atoms with Crippen LogP contribution in [0.4, 0.5) is 21.8 Å². The van der Waals surface area contributed by atoms with E-state index in [1.807, 2.05) is 6.92 Å². The first kappa shape index (κ1) is 20.4. The Morgan fingerprint density at radius 1 is 1.39 bits per heavy atom. The number of hydrogen-bond donors (Lipinski definition) is 2. The van der Waals surface area contributed by atoms with Gasteiger partial charge in [-0.05, 0) is 31.2 Å². The van der Waals surface area contributed by atoms with E-state index in [4.69, 9.17) is 14.6 Å². The molecule has 3 rings (SSSR count). The molecular weight excluding hydrogens is 389 g/mol. The summed E-state index contributed by atoms with van der Waals surface area (Å²) in [4.78, 5) is 10.0. The highest BCUT2D eigenvalue weighted by atomic mass is 32.2. The number of morpholine rings is 1. The van der Waals surface area contributed by atoms with E-state index in [1.165, 1.54) is 24.3 Å². The van der Waals surface area contributed by atoms with Gasteiger partial charge >= 0.3 is 0 Å². The largest absolute Gasteiger partial charge is 0.382 e. The van der Waals surface area contributed by atoms with E-state index in [0.29, 0.717) is 32.0 Å². The summed E-state index contributed by atoms with van der Waals surface area (Å²) in [6.07, 6.45) is 1.09. The number of rotatable bonds is 6. The van der Waals surface area contributed by atoms with Crippen LogP contribution in [0, 0.1) is 5.82 Å². The van der Waals surface area contributed by atoms with Gasteiger partial charge in [-0.25, -0.2) is 22.9 Å².